The molecule has 3 aromatic rings. The molecule has 0 fully saturated rings. The lowest BCUT2D eigenvalue weighted by Crippen LogP contribution is -2.41. The number of aromatic hydroxyl groups is 1. The summed E-state index contributed by atoms with van der Waals surface area (Å²) in [5.74, 6) is -0.493. The van der Waals surface area contributed by atoms with Gasteiger partial charge in [0.15, 0.2) is 11.5 Å². The molecule has 6 nitrogen and oxygen atoms in total. The van der Waals surface area contributed by atoms with Crippen LogP contribution < -0.4 is 14.4 Å². The lowest BCUT2D eigenvalue weighted by atomic mass is 9.91. The molecule has 0 aliphatic carbocycles. The Labute approximate surface area is 180 Å². The number of benzene rings is 3. The van der Waals surface area contributed by atoms with Gasteiger partial charge in [0.25, 0.3) is 11.8 Å². The van der Waals surface area contributed by atoms with Crippen LogP contribution in [0.3, 0.4) is 0 Å². The molecule has 0 atom stereocenters. The number of amides is 2. The minimum absolute atomic E-state index is 0.126. The number of imide groups is 1. The highest BCUT2D eigenvalue weighted by Crippen LogP contribution is 2.39. The average Bonchev–Trinajstić information content (AvgIpc) is 2.77. The molecule has 0 saturated carbocycles. The highest BCUT2D eigenvalue weighted by molar-refractivity contribution is 6.43. The molecular formula is C25H21NO5. The lowest BCUT2D eigenvalue weighted by Gasteiger charge is -2.29. The maximum absolute atomic E-state index is 13.5. The number of hydrogen-bond acceptors (Lipinski definition) is 5. The van der Waals surface area contributed by atoms with Crippen molar-refractivity contribution in [3.63, 3.8) is 0 Å². The van der Waals surface area contributed by atoms with Gasteiger partial charge < -0.3 is 14.6 Å². The van der Waals surface area contributed by atoms with Crippen molar-refractivity contribution in [1.29, 1.82) is 0 Å². The van der Waals surface area contributed by atoms with Crippen molar-refractivity contribution >= 4 is 29.2 Å². The molecule has 2 amide bonds. The van der Waals surface area contributed by atoms with E-state index in [9.17, 15) is 14.7 Å². The molecule has 3 aromatic carbocycles. The Morgan fingerprint density at radius 2 is 1.48 bits per heavy atom. The number of carbonyl (C=O) groups is 2. The molecule has 156 valence electrons. The summed E-state index contributed by atoms with van der Waals surface area (Å²) >= 11 is 0. The molecule has 1 N–H and O–H groups in total. The first-order valence-corrected chi connectivity index (χ1v) is 9.66. The number of phenolic OH excluding ortho intramolecular Hbond substituents is 1. The van der Waals surface area contributed by atoms with E-state index in [0.29, 0.717) is 28.0 Å². The summed E-state index contributed by atoms with van der Waals surface area (Å²) in [6, 6.07) is 17.5. The van der Waals surface area contributed by atoms with Gasteiger partial charge in [0, 0.05) is 11.1 Å². The van der Waals surface area contributed by atoms with Crippen LogP contribution in [-0.4, -0.2) is 31.1 Å². The van der Waals surface area contributed by atoms with E-state index in [1.165, 1.54) is 19.1 Å². The molecule has 1 aliphatic heterocycles. The van der Waals surface area contributed by atoms with Gasteiger partial charge in [0.2, 0.25) is 5.75 Å². The molecule has 4 rings (SSSR count). The normalized spacial score (nSPS) is 14.5. The molecule has 1 heterocycles. The van der Waals surface area contributed by atoms with Crippen molar-refractivity contribution in [2.75, 3.05) is 19.1 Å². The van der Waals surface area contributed by atoms with E-state index in [1.807, 2.05) is 19.1 Å². The number of nitrogens with zero attached hydrogens (tertiary/aromatic N) is 1. The zero-order valence-corrected chi connectivity index (χ0v) is 17.4. The zero-order valence-electron chi connectivity index (χ0n) is 17.4. The van der Waals surface area contributed by atoms with Gasteiger partial charge in [0.05, 0.1) is 19.9 Å². The van der Waals surface area contributed by atoms with Gasteiger partial charge in [-0.25, -0.2) is 4.90 Å². The van der Waals surface area contributed by atoms with Crippen molar-refractivity contribution in [3.05, 3.63) is 82.9 Å². The summed E-state index contributed by atoms with van der Waals surface area (Å²) in [6.07, 6.45) is 1.67. The number of fused-ring (bicyclic) bond motifs is 1. The number of hydrogen-bond donors (Lipinski definition) is 1. The predicted molar refractivity (Wildman–Crippen MR) is 119 cm³/mol. The molecule has 0 radical (unpaired) electrons. The minimum Gasteiger partial charge on any atom is -0.502 e. The minimum atomic E-state index is -0.430. The summed E-state index contributed by atoms with van der Waals surface area (Å²) in [6.45, 7) is 1.90. The number of phenols is 1. The molecule has 0 unspecified atom stereocenters. The third kappa shape index (κ3) is 3.53. The van der Waals surface area contributed by atoms with Crippen LogP contribution in [0, 0.1) is 6.92 Å². The number of carbonyl (C=O) groups excluding carboxylic acids is 2. The van der Waals surface area contributed by atoms with Crippen LogP contribution in [0.5, 0.6) is 17.2 Å². The Bertz CT molecular complexity index is 1200. The number of anilines is 1. The van der Waals surface area contributed by atoms with Crippen molar-refractivity contribution in [3.8, 4) is 17.2 Å². The van der Waals surface area contributed by atoms with Gasteiger partial charge in [-0.15, -0.1) is 0 Å². The lowest BCUT2D eigenvalue weighted by molar-refractivity contribution is -0.112. The fraction of sp³-hybridized carbons (Fsp3) is 0.120. The van der Waals surface area contributed by atoms with Crippen LogP contribution in [0.1, 0.15) is 27.0 Å². The molecule has 0 bridgehead atoms. The summed E-state index contributed by atoms with van der Waals surface area (Å²) in [5.41, 5.74) is 3.38. The summed E-state index contributed by atoms with van der Waals surface area (Å²) in [7, 11) is 2.87. The highest BCUT2D eigenvalue weighted by atomic mass is 16.5. The van der Waals surface area contributed by atoms with Crippen molar-refractivity contribution in [1.82, 2.24) is 0 Å². The number of ether oxygens (including phenoxy) is 2. The van der Waals surface area contributed by atoms with E-state index in [4.69, 9.17) is 9.47 Å². The molecule has 0 saturated heterocycles. The second kappa shape index (κ2) is 7.99. The Hall–Kier alpha value is -4.06. The molecule has 6 heteroatoms. The van der Waals surface area contributed by atoms with Crippen LogP contribution in [0.4, 0.5) is 5.69 Å². The molecule has 1 aliphatic rings. The average molecular weight is 415 g/mol. The third-order valence-electron chi connectivity index (χ3n) is 5.16. The third-order valence-corrected chi connectivity index (χ3v) is 5.16. The van der Waals surface area contributed by atoms with E-state index in [1.54, 1.807) is 54.6 Å². The molecule has 0 aromatic heterocycles. The van der Waals surface area contributed by atoms with E-state index >= 15 is 0 Å². The Kier molecular flexibility index (Phi) is 5.21. The molecular weight excluding hydrogens is 394 g/mol. The van der Waals surface area contributed by atoms with Gasteiger partial charge in [-0.1, -0.05) is 30.3 Å². The SMILES string of the molecule is COc1cc(/C=C2\C(=O)N(c3cccc(C)c3)C(=O)c3ccccc32)cc(OC)c1O. The largest absolute Gasteiger partial charge is 0.502 e. The fourth-order valence-corrected chi connectivity index (χ4v) is 3.66. The standard InChI is InChI=1S/C25H21NO5/c1-15-7-6-8-17(11-15)26-24(28)19-10-5-4-9-18(19)20(25(26)29)12-16-13-21(30-2)23(27)22(14-16)31-3/h4-14,27H,1-3H3/b20-12-. The van der Waals surface area contributed by atoms with Gasteiger partial charge in [-0.2, -0.15) is 0 Å². The summed E-state index contributed by atoms with van der Waals surface area (Å²) < 4.78 is 10.5. The Morgan fingerprint density at radius 3 is 2.10 bits per heavy atom. The Balaban J connectivity index is 1.92. The van der Waals surface area contributed by atoms with E-state index in [-0.39, 0.29) is 23.2 Å². The smallest absolute Gasteiger partial charge is 0.265 e. The first kappa shape index (κ1) is 20.2. The Morgan fingerprint density at radius 1 is 0.839 bits per heavy atom. The molecule has 31 heavy (non-hydrogen) atoms. The van der Waals surface area contributed by atoms with Crippen LogP contribution >= 0.6 is 0 Å². The van der Waals surface area contributed by atoms with Gasteiger partial charge in [-0.3, -0.25) is 9.59 Å². The van der Waals surface area contributed by atoms with E-state index < -0.39 is 5.91 Å². The second-order valence-electron chi connectivity index (χ2n) is 7.16. The fourth-order valence-electron chi connectivity index (χ4n) is 3.66. The number of rotatable bonds is 4. The van der Waals surface area contributed by atoms with Crippen LogP contribution in [0.25, 0.3) is 11.6 Å². The maximum Gasteiger partial charge on any atom is 0.265 e. The first-order chi connectivity index (χ1) is 14.9. The number of methoxy groups -OCH3 is 2. The predicted octanol–water partition coefficient (Wildman–Crippen LogP) is 4.45. The van der Waals surface area contributed by atoms with E-state index in [0.717, 1.165) is 5.56 Å². The van der Waals surface area contributed by atoms with Gasteiger partial charge in [-0.05, 0) is 60.0 Å². The summed E-state index contributed by atoms with van der Waals surface area (Å²) in [4.78, 5) is 27.9. The highest BCUT2D eigenvalue weighted by Gasteiger charge is 2.35. The van der Waals surface area contributed by atoms with Crippen molar-refractivity contribution < 1.29 is 24.2 Å². The van der Waals surface area contributed by atoms with E-state index in [2.05, 4.69) is 0 Å². The van der Waals surface area contributed by atoms with Gasteiger partial charge >= 0.3 is 0 Å². The quantitative estimate of drug-likeness (QED) is 0.503. The van der Waals surface area contributed by atoms with Crippen LogP contribution in [0.2, 0.25) is 0 Å². The monoisotopic (exact) mass is 415 g/mol. The first-order valence-electron chi connectivity index (χ1n) is 9.66. The van der Waals surface area contributed by atoms with Crippen LogP contribution in [-0.2, 0) is 4.79 Å². The number of aryl methyl sites for hydroxylation is 1. The molecule has 0 spiro atoms. The second-order valence-corrected chi connectivity index (χ2v) is 7.16. The summed E-state index contributed by atoms with van der Waals surface area (Å²) in [5, 5.41) is 10.2. The van der Waals surface area contributed by atoms with Crippen molar-refractivity contribution in [2.45, 2.75) is 6.92 Å². The van der Waals surface area contributed by atoms with Crippen molar-refractivity contribution in [2.24, 2.45) is 0 Å². The van der Waals surface area contributed by atoms with Crippen LogP contribution in [0.15, 0.2) is 60.7 Å². The zero-order chi connectivity index (χ0) is 22.1. The maximum atomic E-state index is 13.5. The topological polar surface area (TPSA) is 76.1 Å². The van der Waals surface area contributed by atoms with Gasteiger partial charge in [0.1, 0.15) is 0 Å².